The van der Waals surface area contributed by atoms with Gasteiger partial charge in [0.25, 0.3) is 0 Å². The van der Waals surface area contributed by atoms with Gasteiger partial charge in [0, 0.05) is 23.2 Å². The zero-order chi connectivity index (χ0) is 9.84. The Labute approximate surface area is 82.6 Å². The first kappa shape index (κ1) is 10.3. The highest BCUT2D eigenvalue weighted by atomic mass is 35.5. The lowest BCUT2D eigenvalue weighted by Gasteiger charge is -2.13. The second-order valence-electron chi connectivity index (χ2n) is 2.73. The van der Waals surface area contributed by atoms with E-state index in [1.54, 1.807) is 19.2 Å². The number of nitrogens with two attached hydrogens (primary N) is 2. The van der Waals surface area contributed by atoms with Crippen molar-refractivity contribution in [2.24, 2.45) is 11.5 Å². The Bertz CT molecular complexity index is 291. The second kappa shape index (κ2) is 4.46. The summed E-state index contributed by atoms with van der Waals surface area (Å²) in [6.07, 6.45) is 0. The Morgan fingerprint density at radius 2 is 2.23 bits per heavy atom. The Kier molecular flexibility index (Phi) is 3.54. The van der Waals surface area contributed by atoms with Crippen LogP contribution in [0.15, 0.2) is 18.2 Å². The van der Waals surface area contributed by atoms with E-state index in [0.717, 1.165) is 5.56 Å². The van der Waals surface area contributed by atoms with Crippen LogP contribution in [0.4, 0.5) is 0 Å². The first-order valence-corrected chi connectivity index (χ1v) is 4.36. The van der Waals surface area contributed by atoms with Crippen LogP contribution in [-0.4, -0.2) is 13.7 Å². The molecule has 0 amide bonds. The molecule has 0 aliphatic heterocycles. The Morgan fingerprint density at radius 1 is 1.54 bits per heavy atom. The summed E-state index contributed by atoms with van der Waals surface area (Å²) in [4.78, 5) is 0. The minimum absolute atomic E-state index is 0.202. The molecule has 72 valence electrons. The van der Waals surface area contributed by atoms with Crippen molar-refractivity contribution in [3.05, 3.63) is 28.8 Å². The van der Waals surface area contributed by atoms with E-state index < -0.39 is 0 Å². The van der Waals surface area contributed by atoms with E-state index in [1.807, 2.05) is 6.07 Å². The fourth-order valence-corrected chi connectivity index (χ4v) is 1.28. The van der Waals surface area contributed by atoms with E-state index in [-0.39, 0.29) is 6.04 Å². The van der Waals surface area contributed by atoms with E-state index in [4.69, 9.17) is 27.8 Å². The maximum atomic E-state index is 5.79. The van der Waals surface area contributed by atoms with E-state index in [1.165, 1.54) is 0 Å². The van der Waals surface area contributed by atoms with Crippen LogP contribution >= 0.6 is 11.6 Å². The molecule has 0 unspecified atom stereocenters. The van der Waals surface area contributed by atoms with Crippen molar-refractivity contribution in [2.75, 3.05) is 13.7 Å². The molecule has 1 atom stereocenters. The van der Waals surface area contributed by atoms with Gasteiger partial charge in [-0.3, -0.25) is 0 Å². The number of methoxy groups -OCH3 is 1. The third-order valence-corrected chi connectivity index (χ3v) is 2.08. The smallest absolute Gasteiger partial charge is 0.125 e. The molecule has 1 aromatic rings. The van der Waals surface area contributed by atoms with Gasteiger partial charge in [0.1, 0.15) is 5.75 Å². The molecule has 1 aromatic carbocycles. The van der Waals surface area contributed by atoms with Crippen molar-refractivity contribution < 1.29 is 4.74 Å². The molecule has 0 saturated carbocycles. The predicted molar refractivity (Wildman–Crippen MR) is 54.0 cm³/mol. The van der Waals surface area contributed by atoms with Gasteiger partial charge in [-0.15, -0.1) is 0 Å². The fourth-order valence-electron chi connectivity index (χ4n) is 1.12. The molecular formula is C9H13ClN2O. The van der Waals surface area contributed by atoms with Crippen LogP contribution in [0.3, 0.4) is 0 Å². The van der Waals surface area contributed by atoms with Crippen molar-refractivity contribution >= 4 is 11.6 Å². The largest absolute Gasteiger partial charge is 0.496 e. The van der Waals surface area contributed by atoms with Gasteiger partial charge in [0.05, 0.1) is 7.11 Å². The van der Waals surface area contributed by atoms with Gasteiger partial charge in [0.15, 0.2) is 0 Å². The van der Waals surface area contributed by atoms with Gasteiger partial charge >= 0.3 is 0 Å². The monoisotopic (exact) mass is 200 g/mol. The lowest BCUT2D eigenvalue weighted by Crippen LogP contribution is -2.21. The molecule has 0 aliphatic rings. The number of benzene rings is 1. The average molecular weight is 201 g/mol. The van der Waals surface area contributed by atoms with Crippen LogP contribution in [-0.2, 0) is 0 Å². The molecule has 0 aliphatic carbocycles. The Morgan fingerprint density at radius 3 is 2.77 bits per heavy atom. The number of ether oxygens (including phenoxy) is 1. The van der Waals surface area contributed by atoms with Gasteiger partial charge in [-0.1, -0.05) is 17.7 Å². The van der Waals surface area contributed by atoms with Gasteiger partial charge in [-0.2, -0.15) is 0 Å². The topological polar surface area (TPSA) is 61.3 Å². The maximum Gasteiger partial charge on any atom is 0.125 e. The molecule has 0 radical (unpaired) electrons. The summed E-state index contributed by atoms with van der Waals surface area (Å²) in [5.41, 5.74) is 12.1. The fraction of sp³-hybridized carbons (Fsp3) is 0.333. The summed E-state index contributed by atoms with van der Waals surface area (Å²) < 4.78 is 5.13. The first-order chi connectivity index (χ1) is 6.19. The quantitative estimate of drug-likeness (QED) is 0.774. The number of hydrogen-bond acceptors (Lipinski definition) is 3. The lowest BCUT2D eigenvalue weighted by atomic mass is 10.1. The lowest BCUT2D eigenvalue weighted by molar-refractivity contribution is 0.406. The average Bonchev–Trinajstić information content (AvgIpc) is 2.16. The van der Waals surface area contributed by atoms with Crippen LogP contribution in [0, 0.1) is 0 Å². The molecule has 13 heavy (non-hydrogen) atoms. The summed E-state index contributed by atoms with van der Waals surface area (Å²) in [7, 11) is 1.58. The standard InChI is InChI=1S/C9H13ClN2O/c1-13-9-4-6(10)2-3-7(9)8(12)5-11/h2-4,8H,5,11-12H2,1H3/t8-/m1/s1. The molecule has 4 N–H and O–H groups in total. The second-order valence-corrected chi connectivity index (χ2v) is 3.16. The van der Waals surface area contributed by atoms with Gasteiger partial charge in [-0.25, -0.2) is 0 Å². The summed E-state index contributed by atoms with van der Waals surface area (Å²) in [6, 6.07) is 5.13. The normalized spacial score (nSPS) is 12.6. The van der Waals surface area contributed by atoms with Crippen LogP contribution < -0.4 is 16.2 Å². The molecule has 0 heterocycles. The van der Waals surface area contributed by atoms with Crippen molar-refractivity contribution in [1.82, 2.24) is 0 Å². The van der Waals surface area contributed by atoms with Crippen LogP contribution in [0.5, 0.6) is 5.75 Å². The molecule has 0 fully saturated rings. The number of halogens is 1. The first-order valence-electron chi connectivity index (χ1n) is 3.98. The van der Waals surface area contributed by atoms with Crippen molar-refractivity contribution in [3.63, 3.8) is 0 Å². The molecule has 3 nitrogen and oxygen atoms in total. The summed E-state index contributed by atoms with van der Waals surface area (Å²) in [5, 5.41) is 0.629. The summed E-state index contributed by atoms with van der Waals surface area (Å²) in [6.45, 7) is 0.387. The molecular weight excluding hydrogens is 188 g/mol. The number of rotatable bonds is 3. The molecule has 4 heteroatoms. The molecule has 0 spiro atoms. The van der Waals surface area contributed by atoms with E-state index in [2.05, 4.69) is 0 Å². The predicted octanol–water partition coefficient (Wildman–Crippen LogP) is 1.31. The minimum atomic E-state index is -0.202. The highest BCUT2D eigenvalue weighted by molar-refractivity contribution is 6.30. The van der Waals surface area contributed by atoms with Crippen LogP contribution in [0.25, 0.3) is 0 Å². The molecule has 0 bridgehead atoms. The summed E-state index contributed by atoms with van der Waals surface area (Å²) >= 11 is 5.79. The number of hydrogen-bond donors (Lipinski definition) is 2. The maximum absolute atomic E-state index is 5.79. The molecule has 1 rings (SSSR count). The zero-order valence-corrected chi connectivity index (χ0v) is 8.21. The Balaban J connectivity index is 3.05. The van der Waals surface area contributed by atoms with Gasteiger partial charge in [0.2, 0.25) is 0 Å². The molecule has 0 saturated heterocycles. The van der Waals surface area contributed by atoms with E-state index in [0.29, 0.717) is 17.3 Å². The van der Waals surface area contributed by atoms with Crippen molar-refractivity contribution in [2.45, 2.75) is 6.04 Å². The van der Waals surface area contributed by atoms with Crippen LogP contribution in [0.2, 0.25) is 5.02 Å². The summed E-state index contributed by atoms with van der Waals surface area (Å²) in [5.74, 6) is 0.686. The molecule has 0 aromatic heterocycles. The SMILES string of the molecule is COc1cc(Cl)ccc1[C@H](N)CN. The highest BCUT2D eigenvalue weighted by Crippen LogP contribution is 2.26. The van der Waals surface area contributed by atoms with E-state index >= 15 is 0 Å². The van der Waals surface area contributed by atoms with E-state index in [9.17, 15) is 0 Å². The van der Waals surface area contributed by atoms with Crippen LogP contribution in [0.1, 0.15) is 11.6 Å². The highest BCUT2D eigenvalue weighted by Gasteiger charge is 2.09. The van der Waals surface area contributed by atoms with Gasteiger partial charge < -0.3 is 16.2 Å². The minimum Gasteiger partial charge on any atom is -0.496 e. The third kappa shape index (κ3) is 2.34. The van der Waals surface area contributed by atoms with Gasteiger partial charge in [-0.05, 0) is 12.1 Å². The van der Waals surface area contributed by atoms with Crippen molar-refractivity contribution in [3.8, 4) is 5.75 Å². The van der Waals surface area contributed by atoms with Crippen molar-refractivity contribution in [1.29, 1.82) is 0 Å². The third-order valence-electron chi connectivity index (χ3n) is 1.85. The zero-order valence-electron chi connectivity index (χ0n) is 7.46. The Hall–Kier alpha value is -0.770.